The van der Waals surface area contributed by atoms with E-state index in [-0.39, 0.29) is 17.7 Å². The van der Waals surface area contributed by atoms with E-state index in [0.29, 0.717) is 23.5 Å². The molecule has 3 heterocycles. The van der Waals surface area contributed by atoms with E-state index < -0.39 is 36.0 Å². The van der Waals surface area contributed by atoms with Gasteiger partial charge in [0.25, 0.3) is 5.91 Å². The highest BCUT2D eigenvalue weighted by Crippen LogP contribution is 2.48. The molecule has 1 unspecified atom stereocenters. The molecule has 2 saturated carbocycles. The fraction of sp³-hybridized carbons (Fsp3) is 0.760. The molecule has 2 aromatic heterocycles. The summed E-state index contributed by atoms with van der Waals surface area (Å²) >= 11 is 0. The molecule has 0 bridgehead atoms. The number of nitrogens with zero attached hydrogens (tertiary/aromatic N) is 4. The zero-order valence-corrected chi connectivity index (χ0v) is 20.8. The summed E-state index contributed by atoms with van der Waals surface area (Å²) in [5.41, 5.74) is 5.76. The maximum Gasteiger partial charge on any atom is 0.252 e. The van der Waals surface area contributed by atoms with Crippen LogP contribution in [0.2, 0.25) is 0 Å². The molecular weight excluding hydrogens is 464 g/mol. The average molecular weight is 503 g/mol. The van der Waals surface area contributed by atoms with Gasteiger partial charge in [0.2, 0.25) is 0 Å². The van der Waals surface area contributed by atoms with Crippen molar-refractivity contribution in [3.8, 4) is 0 Å². The number of carbonyl (C=O) groups excluding carboxylic acids is 1. The lowest BCUT2D eigenvalue weighted by atomic mass is 9.66. The Morgan fingerprint density at radius 1 is 1.08 bits per heavy atom. The van der Waals surface area contributed by atoms with Crippen molar-refractivity contribution in [3.05, 3.63) is 12.2 Å². The Kier molecular flexibility index (Phi) is 7.17. The van der Waals surface area contributed by atoms with Gasteiger partial charge in [0.1, 0.15) is 23.3 Å². The van der Waals surface area contributed by atoms with Gasteiger partial charge in [-0.15, -0.1) is 0 Å². The first-order valence-corrected chi connectivity index (χ1v) is 13.4. The molecule has 1 amide bonds. The van der Waals surface area contributed by atoms with Crippen LogP contribution in [0.25, 0.3) is 11.2 Å². The van der Waals surface area contributed by atoms with E-state index in [9.17, 15) is 20.1 Å². The molecule has 2 aromatic rings. The smallest absolute Gasteiger partial charge is 0.252 e. The number of nitrogen functional groups attached to an aromatic ring is 1. The largest absolute Gasteiger partial charge is 0.387 e. The topological polar surface area (TPSA) is 169 Å². The minimum atomic E-state index is -1.42. The van der Waals surface area contributed by atoms with E-state index >= 15 is 0 Å². The molecule has 2 aliphatic carbocycles. The van der Waals surface area contributed by atoms with E-state index in [1.165, 1.54) is 10.9 Å². The van der Waals surface area contributed by atoms with E-state index in [4.69, 9.17) is 15.5 Å². The molecule has 11 heteroatoms. The molecular formula is C25H38N6O5. The van der Waals surface area contributed by atoms with Crippen LogP contribution in [0.5, 0.6) is 0 Å². The molecule has 3 aliphatic rings. The quantitative estimate of drug-likeness (QED) is 0.393. The Balaban J connectivity index is 1.56. The van der Waals surface area contributed by atoms with Gasteiger partial charge in [0.05, 0.1) is 6.33 Å². The van der Waals surface area contributed by atoms with Crippen LogP contribution < -0.4 is 11.1 Å². The molecule has 36 heavy (non-hydrogen) atoms. The second kappa shape index (κ2) is 10.2. The van der Waals surface area contributed by atoms with Crippen molar-refractivity contribution in [2.75, 3.05) is 12.3 Å². The Labute approximate surface area is 210 Å². The van der Waals surface area contributed by atoms with Gasteiger partial charge < -0.3 is 31.1 Å². The number of anilines is 1. The van der Waals surface area contributed by atoms with Crippen molar-refractivity contribution >= 4 is 22.9 Å². The van der Waals surface area contributed by atoms with Gasteiger partial charge in [-0.25, -0.2) is 15.0 Å². The minimum absolute atomic E-state index is 0.0415. The van der Waals surface area contributed by atoms with Crippen LogP contribution in [0, 0.1) is 11.8 Å². The number of aliphatic hydroxyl groups excluding tert-OH is 2. The van der Waals surface area contributed by atoms with Crippen molar-refractivity contribution < 1.29 is 24.9 Å². The molecule has 0 radical (unpaired) electrons. The monoisotopic (exact) mass is 502 g/mol. The van der Waals surface area contributed by atoms with Gasteiger partial charge in [0.15, 0.2) is 29.6 Å². The molecule has 1 saturated heterocycles. The number of fused-ring (bicyclic) bond motifs is 1. The Bertz CT molecular complexity index is 1060. The summed E-state index contributed by atoms with van der Waals surface area (Å²) in [6, 6.07) is 0. The van der Waals surface area contributed by atoms with Crippen LogP contribution in [0.4, 0.5) is 5.82 Å². The Morgan fingerprint density at radius 2 is 1.69 bits per heavy atom. The average Bonchev–Trinajstić information content (AvgIpc) is 3.45. The third-order valence-electron chi connectivity index (χ3n) is 8.38. The molecule has 11 nitrogen and oxygen atoms in total. The fourth-order valence-electron chi connectivity index (χ4n) is 6.47. The highest BCUT2D eigenvalue weighted by atomic mass is 16.6. The van der Waals surface area contributed by atoms with Gasteiger partial charge in [-0.3, -0.25) is 9.36 Å². The molecule has 0 spiro atoms. The lowest BCUT2D eigenvalue weighted by molar-refractivity contribution is -0.137. The highest BCUT2D eigenvalue weighted by Gasteiger charge is 2.50. The number of ether oxygens (including phenoxy) is 1. The Morgan fingerprint density at radius 3 is 2.28 bits per heavy atom. The van der Waals surface area contributed by atoms with E-state index in [1.807, 2.05) is 0 Å². The van der Waals surface area contributed by atoms with Crippen LogP contribution in [0.15, 0.2) is 6.33 Å². The standard InChI is InChI=1S/C25H38N6O5/c1-2-27-22(34)19-17(32)18(33)23(36-19)31-13-28-16-20(26)29-24(30-21(16)31)25(35,14-9-5-3-6-10-14)15-11-7-4-8-12-15/h13-15,17-19,23,32-33,35H,2-12H2,1H3,(H,27,34)(H2,26,29,30)/t17-,18?,19+,23-/m1/s1. The van der Waals surface area contributed by atoms with Crippen LogP contribution in [0.1, 0.15) is 83.2 Å². The second-order valence-electron chi connectivity index (χ2n) is 10.6. The summed E-state index contributed by atoms with van der Waals surface area (Å²) in [5.74, 6) is 0.0166. The third kappa shape index (κ3) is 4.25. The third-order valence-corrected chi connectivity index (χ3v) is 8.38. The predicted octanol–water partition coefficient (Wildman–Crippen LogP) is 1.51. The number of hydrogen-bond acceptors (Lipinski definition) is 9. The van der Waals surface area contributed by atoms with E-state index in [0.717, 1.165) is 64.2 Å². The zero-order valence-electron chi connectivity index (χ0n) is 20.8. The molecule has 198 valence electrons. The van der Waals surface area contributed by atoms with Gasteiger partial charge in [-0.1, -0.05) is 38.5 Å². The number of carbonyl (C=O) groups is 1. The number of rotatable bonds is 6. The van der Waals surface area contributed by atoms with Gasteiger partial charge in [-0.2, -0.15) is 0 Å². The zero-order chi connectivity index (χ0) is 25.4. The summed E-state index contributed by atoms with van der Waals surface area (Å²) in [5, 5.41) is 36.3. The van der Waals surface area contributed by atoms with Crippen molar-refractivity contribution in [1.29, 1.82) is 0 Å². The maximum absolute atomic E-state index is 12.4. The Hall–Kier alpha value is -2.34. The number of nitrogens with two attached hydrogens (primary N) is 1. The number of aromatic nitrogens is 4. The van der Waals surface area contributed by atoms with Crippen molar-refractivity contribution in [1.82, 2.24) is 24.8 Å². The number of likely N-dealkylation sites (N-methyl/N-ethyl adjacent to an activating group) is 1. The summed E-state index contributed by atoms with van der Waals surface area (Å²) < 4.78 is 7.28. The number of aliphatic hydroxyl groups is 3. The number of hydrogen-bond donors (Lipinski definition) is 5. The molecule has 5 rings (SSSR count). The van der Waals surface area contributed by atoms with Gasteiger partial charge in [0, 0.05) is 6.54 Å². The van der Waals surface area contributed by atoms with Gasteiger partial charge in [-0.05, 0) is 44.4 Å². The number of imidazole rings is 1. The SMILES string of the molecule is CCNC(=O)[C@H]1O[C@@H](n2cnc3c(N)nc(C(O)(C4CCCCC4)C4CCCCC4)nc32)C(O)[C@H]1O. The summed E-state index contributed by atoms with van der Waals surface area (Å²) in [4.78, 5) is 26.1. The van der Waals surface area contributed by atoms with Crippen molar-refractivity contribution in [3.63, 3.8) is 0 Å². The summed E-state index contributed by atoms with van der Waals surface area (Å²) in [6.07, 6.45) is 6.54. The summed E-state index contributed by atoms with van der Waals surface area (Å²) in [7, 11) is 0. The predicted molar refractivity (Wildman–Crippen MR) is 131 cm³/mol. The van der Waals surface area contributed by atoms with Gasteiger partial charge >= 0.3 is 0 Å². The number of nitrogens with one attached hydrogen (secondary N) is 1. The lowest BCUT2D eigenvalue weighted by Crippen LogP contribution is -2.45. The molecule has 4 atom stereocenters. The maximum atomic E-state index is 12.4. The van der Waals surface area contributed by atoms with Crippen LogP contribution in [0.3, 0.4) is 0 Å². The fourth-order valence-corrected chi connectivity index (χ4v) is 6.47. The highest BCUT2D eigenvalue weighted by molar-refractivity contribution is 5.83. The lowest BCUT2D eigenvalue weighted by Gasteiger charge is -2.44. The first-order valence-electron chi connectivity index (χ1n) is 13.4. The van der Waals surface area contributed by atoms with Crippen molar-refractivity contribution in [2.24, 2.45) is 11.8 Å². The molecule has 3 fully saturated rings. The van der Waals surface area contributed by atoms with Crippen LogP contribution >= 0.6 is 0 Å². The van der Waals surface area contributed by atoms with Crippen molar-refractivity contribution in [2.45, 2.75) is 101 Å². The van der Waals surface area contributed by atoms with E-state index in [1.54, 1.807) is 6.92 Å². The van der Waals surface area contributed by atoms with Crippen LogP contribution in [-0.2, 0) is 15.1 Å². The number of amides is 1. The van der Waals surface area contributed by atoms with Crippen LogP contribution in [-0.4, -0.2) is 65.6 Å². The normalized spacial score (nSPS) is 28.6. The molecule has 1 aliphatic heterocycles. The summed E-state index contributed by atoms with van der Waals surface area (Å²) in [6.45, 7) is 2.13. The molecule has 6 N–H and O–H groups in total. The minimum Gasteiger partial charge on any atom is -0.387 e. The second-order valence-corrected chi connectivity index (χ2v) is 10.6. The first kappa shape index (κ1) is 25.3. The first-order chi connectivity index (χ1) is 17.4. The van der Waals surface area contributed by atoms with E-state index in [2.05, 4.69) is 15.3 Å². The molecule has 0 aromatic carbocycles.